The van der Waals surface area contributed by atoms with Crippen molar-refractivity contribution in [1.82, 2.24) is 5.32 Å². The quantitative estimate of drug-likeness (QED) is 0.307. The zero-order valence-electron chi connectivity index (χ0n) is 17.8. The maximum atomic E-state index is 12.6. The summed E-state index contributed by atoms with van der Waals surface area (Å²) in [6.45, 7) is 7.38. The Balaban J connectivity index is 1.95. The third-order valence-electron chi connectivity index (χ3n) is 4.29. The molecule has 2 aromatic carbocycles. The largest absolute Gasteiger partial charge is 0.381 e. The minimum atomic E-state index is -4.02. The average Bonchev–Trinajstić information content (AvgIpc) is 2.70. The van der Waals surface area contributed by atoms with Gasteiger partial charge in [-0.1, -0.05) is 19.9 Å². The van der Waals surface area contributed by atoms with Gasteiger partial charge in [0.15, 0.2) is 0 Å². The molecule has 0 heterocycles. The maximum absolute atomic E-state index is 12.6. The van der Waals surface area contributed by atoms with E-state index >= 15 is 0 Å². The van der Waals surface area contributed by atoms with Crippen LogP contribution in [0, 0.1) is 23.0 Å². The van der Waals surface area contributed by atoms with E-state index < -0.39 is 14.9 Å². The second-order valence-corrected chi connectivity index (χ2v) is 9.15. The number of sulfonamides is 1. The van der Waals surface area contributed by atoms with E-state index in [1.54, 1.807) is 0 Å². The monoisotopic (exact) mass is 449 g/mol. The maximum Gasteiger partial charge on any atom is 0.273 e. The predicted octanol–water partition coefficient (Wildman–Crippen LogP) is 3.50. The van der Waals surface area contributed by atoms with Crippen molar-refractivity contribution in [2.75, 3.05) is 24.5 Å². The molecule has 10 heteroatoms. The number of aryl methyl sites for hydroxylation is 1. The highest BCUT2D eigenvalue weighted by Gasteiger charge is 2.20. The van der Waals surface area contributed by atoms with Crippen molar-refractivity contribution in [2.24, 2.45) is 5.92 Å². The molecule has 0 saturated heterocycles. The van der Waals surface area contributed by atoms with Gasteiger partial charge < -0.3 is 10.1 Å². The lowest BCUT2D eigenvalue weighted by atomic mass is 10.2. The van der Waals surface area contributed by atoms with Crippen molar-refractivity contribution in [3.05, 3.63) is 63.7 Å². The molecule has 2 N–H and O–H groups in total. The van der Waals surface area contributed by atoms with Gasteiger partial charge in [-0.25, -0.2) is 8.42 Å². The van der Waals surface area contributed by atoms with E-state index in [0.29, 0.717) is 43.2 Å². The van der Waals surface area contributed by atoms with Crippen LogP contribution < -0.4 is 10.0 Å². The Morgan fingerprint density at radius 3 is 2.45 bits per heavy atom. The molecule has 9 nitrogen and oxygen atoms in total. The first-order valence-corrected chi connectivity index (χ1v) is 11.3. The molecule has 0 bridgehead atoms. The summed E-state index contributed by atoms with van der Waals surface area (Å²) in [6.07, 6.45) is 0.693. The first kappa shape index (κ1) is 24.3. The highest BCUT2D eigenvalue weighted by molar-refractivity contribution is 7.92. The van der Waals surface area contributed by atoms with Gasteiger partial charge in [0, 0.05) is 42.6 Å². The van der Waals surface area contributed by atoms with Crippen LogP contribution in [0.1, 0.15) is 36.2 Å². The molecular weight excluding hydrogens is 422 g/mol. The number of anilines is 1. The van der Waals surface area contributed by atoms with Crippen molar-refractivity contribution < 1.29 is 22.9 Å². The summed E-state index contributed by atoms with van der Waals surface area (Å²) in [4.78, 5) is 22.4. The van der Waals surface area contributed by atoms with Gasteiger partial charge in [-0.2, -0.15) is 0 Å². The second kappa shape index (κ2) is 10.9. The van der Waals surface area contributed by atoms with Crippen LogP contribution in [-0.2, 0) is 14.8 Å². The average molecular weight is 450 g/mol. The number of hydrogen-bond acceptors (Lipinski definition) is 6. The number of carbonyl (C=O) groups is 1. The zero-order chi connectivity index (χ0) is 23.0. The Hall–Kier alpha value is -2.98. The first-order valence-electron chi connectivity index (χ1n) is 9.84. The lowest BCUT2D eigenvalue weighted by Gasteiger charge is -2.10. The SMILES string of the molecule is Cc1ccc(S(=O)(=O)Nc2ccc(C(=O)NCCCOCC(C)C)cc2)cc1[N+](=O)[O-]. The topological polar surface area (TPSA) is 128 Å². The summed E-state index contributed by atoms with van der Waals surface area (Å²) < 4.78 is 32.9. The molecule has 0 atom stereocenters. The molecular formula is C21H27N3O6S. The highest BCUT2D eigenvalue weighted by atomic mass is 32.2. The molecule has 31 heavy (non-hydrogen) atoms. The number of nitrogens with one attached hydrogen (secondary N) is 2. The number of hydrogen-bond donors (Lipinski definition) is 2. The number of nitro groups is 1. The van der Waals surface area contributed by atoms with Crippen molar-refractivity contribution in [1.29, 1.82) is 0 Å². The smallest absolute Gasteiger partial charge is 0.273 e. The van der Waals surface area contributed by atoms with Crippen LogP contribution >= 0.6 is 0 Å². The highest BCUT2D eigenvalue weighted by Crippen LogP contribution is 2.24. The Kier molecular flexibility index (Phi) is 8.52. The van der Waals surface area contributed by atoms with Gasteiger partial charge in [-0.3, -0.25) is 19.6 Å². The molecule has 2 rings (SSSR count). The number of ether oxygens (including phenoxy) is 1. The van der Waals surface area contributed by atoms with Crippen molar-refractivity contribution >= 4 is 27.3 Å². The summed E-state index contributed by atoms with van der Waals surface area (Å²) in [6, 6.07) is 9.62. The number of amides is 1. The standard InChI is InChI=1S/C21H27N3O6S/c1-15(2)14-30-12-4-11-22-21(25)17-6-8-18(9-7-17)23-31(28,29)19-10-5-16(3)20(13-19)24(26)27/h5-10,13,15,23H,4,11-12,14H2,1-3H3,(H,22,25). The van der Waals surface area contributed by atoms with Gasteiger partial charge in [0.2, 0.25) is 0 Å². The van der Waals surface area contributed by atoms with E-state index in [2.05, 4.69) is 23.9 Å². The van der Waals surface area contributed by atoms with Crippen molar-refractivity contribution in [2.45, 2.75) is 32.1 Å². The number of rotatable bonds is 11. The number of nitro benzene ring substituents is 1. The second-order valence-electron chi connectivity index (χ2n) is 7.47. The van der Waals surface area contributed by atoms with Crippen LogP contribution in [0.4, 0.5) is 11.4 Å². The molecule has 0 spiro atoms. The van der Waals surface area contributed by atoms with Gasteiger partial charge in [-0.05, 0) is 49.6 Å². The molecule has 0 aliphatic carbocycles. The van der Waals surface area contributed by atoms with E-state index in [1.807, 2.05) is 0 Å². The van der Waals surface area contributed by atoms with Crippen LogP contribution in [0.3, 0.4) is 0 Å². The lowest BCUT2D eigenvalue weighted by Crippen LogP contribution is -2.25. The molecule has 0 saturated carbocycles. The fourth-order valence-electron chi connectivity index (χ4n) is 2.65. The Bertz CT molecular complexity index is 1020. The van der Waals surface area contributed by atoms with E-state index in [0.717, 1.165) is 6.07 Å². The van der Waals surface area contributed by atoms with Gasteiger partial charge in [0.05, 0.1) is 9.82 Å². The number of benzene rings is 2. The van der Waals surface area contributed by atoms with E-state index in [9.17, 15) is 23.3 Å². The third kappa shape index (κ3) is 7.34. The zero-order valence-corrected chi connectivity index (χ0v) is 18.6. The van der Waals surface area contributed by atoms with Crippen LogP contribution in [0.25, 0.3) is 0 Å². The summed E-state index contributed by atoms with van der Waals surface area (Å²) in [5.74, 6) is 0.194. The molecule has 0 aliphatic heterocycles. The molecule has 0 aromatic heterocycles. The van der Waals surface area contributed by atoms with Gasteiger partial charge in [0.25, 0.3) is 21.6 Å². The molecule has 0 unspecified atom stereocenters. The molecule has 1 amide bonds. The van der Waals surface area contributed by atoms with Crippen LogP contribution in [0.5, 0.6) is 0 Å². The Morgan fingerprint density at radius 1 is 1.16 bits per heavy atom. The molecule has 0 aliphatic rings. The minimum Gasteiger partial charge on any atom is -0.381 e. The van der Waals surface area contributed by atoms with E-state index in [1.165, 1.54) is 43.3 Å². The number of carbonyl (C=O) groups excluding carboxylic acids is 1. The first-order chi connectivity index (χ1) is 14.6. The van der Waals surface area contributed by atoms with Crippen LogP contribution in [0.2, 0.25) is 0 Å². The van der Waals surface area contributed by atoms with E-state index in [-0.39, 0.29) is 22.2 Å². The van der Waals surface area contributed by atoms with Crippen LogP contribution in [0.15, 0.2) is 47.4 Å². The molecule has 0 radical (unpaired) electrons. The van der Waals surface area contributed by atoms with Crippen LogP contribution in [-0.4, -0.2) is 39.0 Å². The predicted molar refractivity (Wildman–Crippen MR) is 118 cm³/mol. The van der Waals surface area contributed by atoms with Crippen molar-refractivity contribution in [3.63, 3.8) is 0 Å². The summed E-state index contributed by atoms with van der Waals surface area (Å²) in [5.41, 5.74) is 0.717. The molecule has 2 aromatic rings. The van der Waals surface area contributed by atoms with E-state index in [4.69, 9.17) is 4.74 Å². The minimum absolute atomic E-state index is 0.216. The van der Waals surface area contributed by atoms with Gasteiger partial charge >= 0.3 is 0 Å². The Morgan fingerprint density at radius 2 is 1.84 bits per heavy atom. The fraction of sp³-hybridized carbons (Fsp3) is 0.381. The number of nitrogens with zero attached hydrogens (tertiary/aromatic N) is 1. The molecule has 0 fully saturated rings. The Labute approximate surface area is 182 Å². The van der Waals surface area contributed by atoms with Gasteiger partial charge in [-0.15, -0.1) is 0 Å². The summed E-state index contributed by atoms with van der Waals surface area (Å²) >= 11 is 0. The normalized spacial score (nSPS) is 11.4. The summed E-state index contributed by atoms with van der Waals surface area (Å²) in [5, 5.41) is 13.8. The third-order valence-corrected chi connectivity index (χ3v) is 5.67. The summed E-state index contributed by atoms with van der Waals surface area (Å²) in [7, 11) is -4.02. The van der Waals surface area contributed by atoms with Gasteiger partial charge in [0.1, 0.15) is 0 Å². The fourth-order valence-corrected chi connectivity index (χ4v) is 3.73. The molecule has 168 valence electrons. The van der Waals surface area contributed by atoms with Crippen molar-refractivity contribution in [3.8, 4) is 0 Å². The lowest BCUT2D eigenvalue weighted by molar-refractivity contribution is -0.385.